The van der Waals surface area contributed by atoms with E-state index in [1.165, 1.54) is 50.3 Å². The fourth-order valence-corrected chi connectivity index (χ4v) is 6.80. The number of ketones is 1. The first kappa shape index (κ1) is 27.4. The molecule has 6 rings (SSSR count). The van der Waals surface area contributed by atoms with Crippen LogP contribution in [0, 0.1) is 6.57 Å². The summed E-state index contributed by atoms with van der Waals surface area (Å²) in [5.74, 6) is 0.0983. The van der Waals surface area contributed by atoms with Gasteiger partial charge in [-0.3, -0.25) is 9.69 Å². The Morgan fingerprint density at radius 3 is 2.36 bits per heavy atom. The molecule has 0 spiro atoms. The van der Waals surface area contributed by atoms with Crippen LogP contribution >= 0.6 is 0 Å². The maximum absolute atomic E-state index is 13.9. The Morgan fingerprint density at radius 1 is 1.03 bits per heavy atom. The van der Waals surface area contributed by atoms with E-state index >= 15 is 0 Å². The van der Waals surface area contributed by atoms with Crippen molar-refractivity contribution in [2.24, 2.45) is 0 Å². The van der Waals surface area contributed by atoms with Gasteiger partial charge in [0.15, 0.2) is 11.5 Å². The van der Waals surface area contributed by atoms with Gasteiger partial charge >= 0.3 is 0 Å². The summed E-state index contributed by atoms with van der Waals surface area (Å²) in [6, 6.07) is 10.8. The molecule has 1 aromatic heterocycles. The fourth-order valence-electron chi connectivity index (χ4n) is 6.80. The standard InChI is InChI=1S/C31H37N5O.C2H6/c1-6-20-17-24-25(19-27(20)36-11-9-22(10-12-36)35-15-13-34(5)14-16-35)31(2,3)30-28(29(24)37)23-8-7-21(32-4)18-26(23)33-30;1-2/h7-8,17-19,22,33H,6,9-16H2,1-3,5H3;1-2H3. The Balaban J connectivity index is 0.00000151. The zero-order chi connectivity index (χ0) is 27.9. The van der Waals surface area contributed by atoms with Crippen LogP contribution in [0.1, 0.15) is 80.2 Å². The molecule has 206 valence electrons. The van der Waals surface area contributed by atoms with Gasteiger partial charge in [-0.15, -0.1) is 0 Å². The molecule has 0 saturated carbocycles. The van der Waals surface area contributed by atoms with E-state index in [9.17, 15) is 4.79 Å². The molecular weight excluding hydrogens is 482 g/mol. The summed E-state index contributed by atoms with van der Waals surface area (Å²) < 4.78 is 0. The lowest BCUT2D eigenvalue weighted by Crippen LogP contribution is -2.52. The molecule has 0 unspecified atom stereocenters. The number of piperidine rings is 1. The molecule has 3 heterocycles. The van der Waals surface area contributed by atoms with Crippen molar-refractivity contribution in [3.05, 3.63) is 69.7 Å². The maximum Gasteiger partial charge on any atom is 0.195 e. The van der Waals surface area contributed by atoms with E-state index in [2.05, 4.69) is 64.5 Å². The van der Waals surface area contributed by atoms with Crippen molar-refractivity contribution < 1.29 is 4.79 Å². The second-order valence-corrected chi connectivity index (χ2v) is 11.6. The van der Waals surface area contributed by atoms with E-state index in [1.54, 1.807) is 0 Å². The molecule has 0 radical (unpaired) electrons. The number of likely N-dealkylation sites (N-methyl/N-ethyl adjacent to an activating group) is 1. The van der Waals surface area contributed by atoms with Gasteiger partial charge in [0, 0.05) is 78.6 Å². The first-order valence-corrected chi connectivity index (χ1v) is 14.7. The minimum Gasteiger partial charge on any atom is -0.371 e. The topological polar surface area (TPSA) is 46.9 Å². The monoisotopic (exact) mass is 525 g/mol. The summed E-state index contributed by atoms with van der Waals surface area (Å²) in [5.41, 5.74) is 7.36. The van der Waals surface area contributed by atoms with E-state index in [0.29, 0.717) is 11.7 Å². The van der Waals surface area contributed by atoms with Gasteiger partial charge in [0.2, 0.25) is 0 Å². The molecule has 6 nitrogen and oxygen atoms in total. The van der Waals surface area contributed by atoms with Crippen LogP contribution in [-0.2, 0) is 11.8 Å². The number of nitrogens with zero attached hydrogens (tertiary/aromatic N) is 4. The van der Waals surface area contributed by atoms with Gasteiger partial charge in [-0.2, -0.15) is 0 Å². The first-order valence-electron chi connectivity index (χ1n) is 14.7. The predicted molar refractivity (Wildman–Crippen MR) is 162 cm³/mol. The molecule has 2 aromatic carbocycles. The van der Waals surface area contributed by atoms with Crippen molar-refractivity contribution in [3.63, 3.8) is 0 Å². The summed E-state index contributed by atoms with van der Waals surface area (Å²) >= 11 is 0. The Labute approximate surface area is 233 Å². The molecule has 0 amide bonds. The van der Waals surface area contributed by atoms with Gasteiger partial charge in [-0.25, -0.2) is 4.85 Å². The first-order chi connectivity index (χ1) is 18.8. The number of fused-ring (bicyclic) bond motifs is 4. The molecule has 39 heavy (non-hydrogen) atoms. The van der Waals surface area contributed by atoms with Crippen molar-refractivity contribution in [1.82, 2.24) is 14.8 Å². The Morgan fingerprint density at radius 2 is 1.72 bits per heavy atom. The number of aryl methyl sites for hydroxylation is 1. The summed E-state index contributed by atoms with van der Waals surface area (Å²) in [7, 11) is 2.22. The zero-order valence-corrected chi connectivity index (χ0v) is 24.5. The second-order valence-electron chi connectivity index (χ2n) is 11.6. The number of benzene rings is 2. The lowest BCUT2D eigenvalue weighted by molar-refractivity contribution is 0.0982. The largest absolute Gasteiger partial charge is 0.371 e. The van der Waals surface area contributed by atoms with E-state index < -0.39 is 0 Å². The van der Waals surface area contributed by atoms with Crippen LogP contribution in [0.25, 0.3) is 15.7 Å². The number of rotatable bonds is 3. The van der Waals surface area contributed by atoms with Gasteiger partial charge in [0.05, 0.1) is 12.1 Å². The van der Waals surface area contributed by atoms with E-state index in [4.69, 9.17) is 6.57 Å². The lowest BCUT2D eigenvalue weighted by Gasteiger charge is -2.43. The Hall–Kier alpha value is -3.14. The molecular formula is C33H43N5O. The van der Waals surface area contributed by atoms with Crippen LogP contribution in [0.5, 0.6) is 0 Å². The summed E-state index contributed by atoms with van der Waals surface area (Å²) in [4.78, 5) is 28.7. The normalized spacial score (nSPS) is 19.7. The average Bonchev–Trinajstić information content (AvgIpc) is 3.37. The van der Waals surface area contributed by atoms with Gasteiger partial charge < -0.3 is 14.8 Å². The van der Waals surface area contributed by atoms with Gasteiger partial charge in [0.25, 0.3) is 0 Å². The molecule has 3 aromatic rings. The van der Waals surface area contributed by atoms with Crippen LogP contribution < -0.4 is 4.90 Å². The number of aromatic amines is 1. The smallest absolute Gasteiger partial charge is 0.195 e. The van der Waals surface area contributed by atoms with Crippen molar-refractivity contribution in [1.29, 1.82) is 0 Å². The average molecular weight is 526 g/mol. The third-order valence-corrected chi connectivity index (χ3v) is 9.14. The van der Waals surface area contributed by atoms with E-state index in [-0.39, 0.29) is 11.2 Å². The highest BCUT2D eigenvalue weighted by atomic mass is 16.1. The number of carbonyl (C=O) groups excluding carboxylic acids is 1. The minimum absolute atomic E-state index is 0.0983. The number of H-pyrrole nitrogens is 1. The second kappa shape index (κ2) is 10.8. The van der Waals surface area contributed by atoms with Crippen LogP contribution in [0.3, 0.4) is 0 Å². The number of hydrogen-bond donors (Lipinski definition) is 1. The number of anilines is 1. The lowest BCUT2D eigenvalue weighted by atomic mass is 9.70. The molecule has 0 atom stereocenters. The molecule has 2 saturated heterocycles. The van der Waals surface area contributed by atoms with Gasteiger partial charge in [-0.05, 0) is 55.6 Å². The maximum atomic E-state index is 13.9. The van der Waals surface area contributed by atoms with Crippen molar-refractivity contribution in [3.8, 4) is 0 Å². The number of carbonyl (C=O) groups is 1. The summed E-state index contributed by atoms with van der Waals surface area (Å²) in [5, 5.41) is 0.916. The molecule has 2 fully saturated rings. The van der Waals surface area contributed by atoms with Crippen molar-refractivity contribution in [2.75, 3.05) is 51.2 Å². The summed E-state index contributed by atoms with van der Waals surface area (Å²) in [6.07, 6.45) is 3.30. The van der Waals surface area contributed by atoms with E-state index in [0.717, 1.165) is 52.8 Å². The highest BCUT2D eigenvalue weighted by molar-refractivity contribution is 6.20. The predicted octanol–water partition coefficient (Wildman–Crippen LogP) is 6.39. The van der Waals surface area contributed by atoms with Crippen LogP contribution in [0.15, 0.2) is 30.3 Å². The molecule has 6 heteroatoms. The number of nitrogens with one attached hydrogen (secondary N) is 1. The quantitative estimate of drug-likeness (QED) is 0.402. The molecule has 0 bridgehead atoms. The van der Waals surface area contributed by atoms with Gasteiger partial charge in [0.1, 0.15) is 0 Å². The number of piperazine rings is 1. The number of aromatic nitrogens is 1. The SMILES string of the molecule is CC.[C-]#[N+]c1ccc2c3c([nH]c2c1)C(C)(C)c1cc(N2CCC(N4CCN(C)CC4)CC2)c(CC)cc1C3=O. The molecule has 1 aliphatic carbocycles. The van der Waals surface area contributed by atoms with Crippen molar-refractivity contribution in [2.45, 2.75) is 65.3 Å². The van der Waals surface area contributed by atoms with Crippen molar-refractivity contribution >= 4 is 28.1 Å². The minimum atomic E-state index is -0.338. The molecule has 2 aliphatic heterocycles. The molecule has 3 aliphatic rings. The zero-order valence-electron chi connectivity index (χ0n) is 24.5. The van der Waals surface area contributed by atoms with Gasteiger partial charge in [-0.1, -0.05) is 46.8 Å². The molecule has 1 N–H and O–H groups in total. The van der Waals surface area contributed by atoms with E-state index in [1.807, 2.05) is 32.0 Å². The third-order valence-electron chi connectivity index (χ3n) is 9.14. The summed E-state index contributed by atoms with van der Waals surface area (Å²) in [6.45, 7) is 24.9. The van der Waals surface area contributed by atoms with Crippen LogP contribution in [0.2, 0.25) is 0 Å². The van der Waals surface area contributed by atoms with Crippen LogP contribution in [0.4, 0.5) is 11.4 Å². The third kappa shape index (κ3) is 4.66. The number of hydrogen-bond acceptors (Lipinski definition) is 4. The van der Waals surface area contributed by atoms with Crippen LogP contribution in [-0.4, -0.2) is 72.9 Å². The fraction of sp³-hybridized carbons (Fsp3) is 0.515. The Kier molecular flexibility index (Phi) is 7.59. The highest BCUT2D eigenvalue weighted by Gasteiger charge is 2.40. The Bertz CT molecular complexity index is 1410. The highest BCUT2D eigenvalue weighted by Crippen LogP contribution is 2.46.